The van der Waals surface area contributed by atoms with Crippen LogP contribution in [0.4, 0.5) is 5.69 Å². The van der Waals surface area contributed by atoms with Crippen LogP contribution in [-0.4, -0.2) is 35.8 Å². The summed E-state index contributed by atoms with van der Waals surface area (Å²) in [7, 11) is 0. The van der Waals surface area contributed by atoms with Gasteiger partial charge in [-0.15, -0.1) is 0 Å². The summed E-state index contributed by atoms with van der Waals surface area (Å²) in [5, 5.41) is 18.8. The summed E-state index contributed by atoms with van der Waals surface area (Å²) in [5.41, 5.74) is -0.112. The van der Waals surface area contributed by atoms with Gasteiger partial charge < -0.3 is 9.26 Å². The Kier molecular flexibility index (Phi) is 4.20. The van der Waals surface area contributed by atoms with Crippen molar-refractivity contribution >= 4 is 11.7 Å². The first kappa shape index (κ1) is 16.2. The molecule has 0 unspecified atom stereocenters. The van der Waals surface area contributed by atoms with Crippen molar-refractivity contribution in [2.24, 2.45) is 0 Å². The van der Waals surface area contributed by atoms with E-state index in [1.165, 1.54) is 29.5 Å². The summed E-state index contributed by atoms with van der Waals surface area (Å²) in [4.78, 5) is 30.6. The molecule has 0 radical (unpaired) electrons. The number of ether oxygens (including phenoxy) is 1. The molecule has 2 aromatic heterocycles. The minimum atomic E-state index is -0.789. The fourth-order valence-corrected chi connectivity index (χ4v) is 2.08. The maximum absolute atomic E-state index is 12.2. The number of carbonyl (C=O) groups is 1. The Morgan fingerprint density at radius 3 is 2.84 bits per heavy atom. The largest absolute Gasteiger partial charge is 0.449 e. The van der Waals surface area contributed by atoms with Crippen molar-refractivity contribution < 1.29 is 19.0 Å². The number of nitro groups is 1. The standard InChI is InChI=1S/C14H12N6O5/c1-8(13-17-9(2)18-25-13)24-14(21)10-3-4-11(12(5-10)20(22)23)19-7-15-6-16-19/h3-8H,1-2H3/t8-/m0/s1. The fourth-order valence-electron chi connectivity index (χ4n) is 2.08. The number of nitrogens with zero attached hydrogens (tertiary/aromatic N) is 6. The van der Waals surface area contributed by atoms with E-state index in [1.807, 2.05) is 0 Å². The molecule has 25 heavy (non-hydrogen) atoms. The molecule has 3 aromatic rings. The summed E-state index contributed by atoms with van der Waals surface area (Å²) in [5.74, 6) is -0.207. The van der Waals surface area contributed by atoms with Crippen LogP contribution in [0.15, 0.2) is 35.4 Å². The van der Waals surface area contributed by atoms with Crippen molar-refractivity contribution in [3.63, 3.8) is 0 Å². The minimum absolute atomic E-state index is 0.0126. The van der Waals surface area contributed by atoms with Crippen LogP contribution in [0, 0.1) is 17.0 Å². The van der Waals surface area contributed by atoms with Gasteiger partial charge in [0.2, 0.25) is 0 Å². The van der Waals surface area contributed by atoms with E-state index < -0.39 is 17.0 Å². The molecule has 0 bridgehead atoms. The number of hydrogen-bond donors (Lipinski definition) is 0. The molecule has 0 aliphatic heterocycles. The number of benzene rings is 1. The molecule has 11 heteroatoms. The van der Waals surface area contributed by atoms with E-state index in [-0.39, 0.29) is 22.8 Å². The van der Waals surface area contributed by atoms with E-state index in [4.69, 9.17) is 9.26 Å². The van der Waals surface area contributed by atoms with Crippen molar-refractivity contribution in [1.82, 2.24) is 24.9 Å². The van der Waals surface area contributed by atoms with Gasteiger partial charge in [0.1, 0.15) is 18.3 Å². The van der Waals surface area contributed by atoms with E-state index in [9.17, 15) is 14.9 Å². The van der Waals surface area contributed by atoms with Crippen molar-refractivity contribution in [3.8, 4) is 5.69 Å². The highest BCUT2D eigenvalue weighted by molar-refractivity contribution is 5.91. The van der Waals surface area contributed by atoms with Crippen molar-refractivity contribution in [1.29, 1.82) is 0 Å². The van der Waals surface area contributed by atoms with Gasteiger partial charge in [-0.25, -0.2) is 14.5 Å². The molecule has 1 atom stereocenters. The molecule has 3 rings (SSSR count). The third kappa shape index (κ3) is 3.34. The molecule has 0 N–H and O–H groups in total. The first-order valence-electron chi connectivity index (χ1n) is 7.10. The molecule has 128 valence electrons. The second kappa shape index (κ2) is 6.47. The molecule has 0 fully saturated rings. The highest BCUT2D eigenvalue weighted by Gasteiger charge is 2.23. The maximum atomic E-state index is 12.2. The van der Waals surface area contributed by atoms with Gasteiger partial charge in [0, 0.05) is 6.07 Å². The van der Waals surface area contributed by atoms with Gasteiger partial charge in [0.05, 0.1) is 10.5 Å². The Labute approximate surface area is 140 Å². The van der Waals surface area contributed by atoms with Gasteiger partial charge in [-0.1, -0.05) is 5.16 Å². The van der Waals surface area contributed by atoms with Crippen LogP contribution in [-0.2, 0) is 4.74 Å². The molecule has 2 heterocycles. The number of hydrogen-bond acceptors (Lipinski definition) is 9. The average Bonchev–Trinajstić information content (AvgIpc) is 3.25. The molecule has 0 aliphatic carbocycles. The lowest BCUT2D eigenvalue weighted by Gasteiger charge is -2.10. The van der Waals surface area contributed by atoms with Gasteiger partial charge in [-0.05, 0) is 26.0 Å². The Morgan fingerprint density at radius 1 is 1.44 bits per heavy atom. The van der Waals surface area contributed by atoms with Crippen molar-refractivity contribution in [2.75, 3.05) is 0 Å². The summed E-state index contributed by atoms with van der Waals surface area (Å²) in [6.45, 7) is 3.19. The van der Waals surface area contributed by atoms with Crippen LogP contribution < -0.4 is 0 Å². The zero-order chi connectivity index (χ0) is 18.0. The highest BCUT2D eigenvalue weighted by Crippen LogP contribution is 2.25. The van der Waals surface area contributed by atoms with E-state index >= 15 is 0 Å². The average molecular weight is 344 g/mol. The van der Waals surface area contributed by atoms with Crippen LogP contribution in [0.2, 0.25) is 0 Å². The van der Waals surface area contributed by atoms with Gasteiger partial charge >= 0.3 is 5.97 Å². The Morgan fingerprint density at radius 2 is 2.24 bits per heavy atom. The lowest BCUT2D eigenvalue weighted by Crippen LogP contribution is -2.11. The number of rotatable bonds is 5. The predicted molar refractivity (Wildman–Crippen MR) is 80.9 cm³/mol. The van der Waals surface area contributed by atoms with Crippen molar-refractivity contribution in [3.05, 3.63) is 58.2 Å². The molecule has 1 aromatic carbocycles. The lowest BCUT2D eigenvalue weighted by atomic mass is 10.1. The zero-order valence-corrected chi connectivity index (χ0v) is 13.2. The molecule has 0 spiro atoms. The Hall–Kier alpha value is -3.63. The third-order valence-electron chi connectivity index (χ3n) is 3.25. The monoisotopic (exact) mass is 344 g/mol. The smallest absolute Gasteiger partial charge is 0.339 e. The van der Waals surface area contributed by atoms with Crippen molar-refractivity contribution in [2.45, 2.75) is 20.0 Å². The minimum Gasteiger partial charge on any atom is -0.449 e. The highest BCUT2D eigenvalue weighted by atomic mass is 16.6. The number of carbonyl (C=O) groups excluding carboxylic acids is 1. The summed E-state index contributed by atoms with van der Waals surface area (Å²) in [6.07, 6.45) is 1.78. The molecular weight excluding hydrogens is 332 g/mol. The SMILES string of the molecule is Cc1noc([C@H](C)OC(=O)c2ccc(-n3cncn3)c([N+](=O)[O-])c2)n1. The zero-order valence-electron chi connectivity index (χ0n) is 13.2. The Balaban J connectivity index is 1.86. The topological polar surface area (TPSA) is 139 Å². The summed E-state index contributed by atoms with van der Waals surface area (Å²) >= 11 is 0. The second-order valence-corrected chi connectivity index (χ2v) is 5.03. The number of aryl methyl sites for hydroxylation is 1. The molecule has 11 nitrogen and oxygen atoms in total. The fraction of sp³-hybridized carbons (Fsp3) is 0.214. The Bertz CT molecular complexity index is 920. The molecule has 0 aliphatic rings. The first-order chi connectivity index (χ1) is 12.0. The molecular formula is C14H12N6O5. The summed E-state index contributed by atoms with van der Waals surface area (Å²) in [6, 6.07) is 3.91. The van der Waals surface area contributed by atoms with E-state index in [0.29, 0.717) is 5.82 Å². The van der Waals surface area contributed by atoms with Crippen LogP contribution in [0.5, 0.6) is 0 Å². The molecule has 0 saturated heterocycles. The van der Waals surface area contributed by atoms with Gasteiger partial charge in [-0.2, -0.15) is 10.1 Å². The quantitative estimate of drug-likeness (QED) is 0.385. The van der Waals surface area contributed by atoms with Gasteiger partial charge in [-0.3, -0.25) is 10.1 Å². The predicted octanol–water partition coefficient (Wildman–Crippen LogP) is 1.78. The lowest BCUT2D eigenvalue weighted by molar-refractivity contribution is -0.384. The second-order valence-electron chi connectivity index (χ2n) is 5.03. The number of aromatic nitrogens is 5. The summed E-state index contributed by atoms with van der Waals surface area (Å²) < 4.78 is 11.4. The van der Waals surface area contributed by atoms with Crippen LogP contribution in [0.1, 0.15) is 35.1 Å². The normalized spacial score (nSPS) is 11.9. The van der Waals surface area contributed by atoms with Crippen LogP contribution in [0.3, 0.4) is 0 Å². The number of nitro benzene ring substituents is 1. The maximum Gasteiger partial charge on any atom is 0.339 e. The third-order valence-corrected chi connectivity index (χ3v) is 3.25. The number of esters is 1. The molecule has 0 amide bonds. The van der Waals surface area contributed by atoms with Gasteiger partial charge in [0.25, 0.3) is 11.6 Å². The van der Waals surface area contributed by atoms with E-state index in [1.54, 1.807) is 13.8 Å². The van der Waals surface area contributed by atoms with Crippen LogP contribution >= 0.6 is 0 Å². The van der Waals surface area contributed by atoms with Crippen LogP contribution in [0.25, 0.3) is 5.69 Å². The molecule has 0 saturated carbocycles. The van der Waals surface area contributed by atoms with Gasteiger partial charge in [0.15, 0.2) is 11.9 Å². The van der Waals surface area contributed by atoms with E-state index in [0.717, 1.165) is 6.07 Å². The van der Waals surface area contributed by atoms with E-state index in [2.05, 4.69) is 20.2 Å². The first-order valence-corrected chi connectivity index (χ1v) is 7.10.